The maximum Gasteiger partial charge on any atom is 0.259 e. The Hall–Kier alpha value is -2.98. The molecule has 1 aliphatic carbocycles. The zero-order valence-corrected chi connectivity index (χ0v) is 19.9. The van der Waals surface area contributed by atoms with E-state index in [1.807, 2.05) is 31.2 Å². The molecule has 0 bridgehead atoms. The highest BCUT2D eigenvalue weighted by atomic mass is 32.2. The van der Waals surface area contributed by atoms with Crippen LogP contribution in [0.1, 0.15) is 41.4 Å². The van der Waals surface area contributed by atoms with Crippen molar-refractivity contribution in [1.82, 2.24) is 25.1 Å². The van der Waals surface area contributed by atoms with Gasteiger partial charge in [0.25, 0.3) is 5.56 Å². The number of carbonyl (C=O) groups excluding carboxylic acids is 1. The van der Waals surface area contributed by atoms with E-state index in [2.05, 4.69) is 30.5 Å². The highest BCUT2D eigenvalue weighted by Gasteiger charge is 2.19. The van der Waals surface area contributed by atoms with E-state index < -0.39 is 0 Å². The molecule has 3 heterocycles. The van der Waals surface area contributed by atoms with Gasteiger partial charge in [0.05, 0.1) is 11.1 Å². The molecule has 3 N–H and O–H groups in total. The van der Waals surface area contributed by atoms with Crippen LogP contribution in [0.4, 0.5) is 5.69 Å². The Morgan fingerprint density at radius 1 is 1.18 bits per heavy atom. The molecule has 8 nitrogen and oxygen atoms in total. The maximum absolute atomic E-state index is 12.6. The van der Waals surface area contributed by atoms with E-state index in [1.165, 1.54) is 16.9 Å². The second-order valence-electron chi connectivity index (χ2n) is 8.08. The van der Waals surface area contributed by atoms with Crippen molar-refractivity contribution < 1.29 is 4.79 Å². The summed E-state index contributed by atoms with van der Waals surface area (Å²) in [7, 11) is 0. The Balaban J connectivity index is 1.12. The summed E-state index contributed by atoms with van der Waals surface area (Å²) in [5.41, 5.74) is 2.79. The normalized spacial score (nSPS) is 13.2. The van der Waals surface area contributed by atoms with Gasteiger partial charge in [0.2, 0.25) is 5.91 Å². The molecule has 3 aromatic heterocycles. The number of aromatic amines is 2. The summed E-state index contributed by atoms with van der Waals surface area (Å²) in [6.07, 6.45) is 4.74. The average Bonchev–Trinajstić information content (AvgIpc) is 3.41. The molecule has 0 saturated heterocycles. The zero-order chi connectivity index (χ0) is 22.8. The summed E-state index contributed by atoms with van der Waals surface area (Å²) in [5, 5.41) is 10.7. The number of nitrogens with one attached hydrogen (secondary N) is 3. The third-order valence-electron chi connectivity index (χ3n) is 5.61. The molecule has 0 unspecified atom stereocenters. The first-order valence-corrected chi connectivity index (χ1v) is 12.9. The number of H-pyrrole nitrogens is 2. The fourth-order valence-corrected chi connectivity index (χ4v) is 6.09. The van der Waals surface area contributed by atoms with Crippen molar-refractivity contribution in [2.45, 2.75) is 44.8 Å². The summed E-state index contributed by atoms with van der Waals surface area (Å²) in [4.78, 5) is 39.0. The zero-order valence-electron chi connectivity index (χ0n) is 18.2. The van der Waals surface area contributed by atoms with Gasteiger partial charge in [-0.25, -0.2) is 9.97 Å². The number of nitrogens with zero attached hydrogens (tertiary/aromatic N) is 3. The van der Waals surface area contributed by atoms with Crippen LogP contribution >= 0.6 is 23.1 Å². The summed E-state index contributed by atoms with van der Waals surface area (Å²) >= 11 is 3.25. The Morgan fingerprint density at radius 3 is 2.79 bits per heavy atom. The van der Waals surface area contributed by atoms with Crippen molar-refractivity contribution in [2.75, 3.05) is 11.1 Å². The van der Waals surface area contributed by atoms with Gasteiger partial charge in [-0.3, -0.25) is 14.7 Å². The molecule has 0 aliphatic heterocycles. The van der Waals surface area contributed by atoms with Crippen LogP contribution < -0.4 is 10.9 Å². The number of aryl methyl sites for hydroxylation is 3. The van der Waals surface area contributed by atoms with Crippen LogP contribution in [0.5, 0.6) is 0 Å². The van der Waals surface area contributed by atoms with Gasteiger partial charge >= 0.3 is 0 Å². The summed E-state index contributed by atoms with van der Waals surface area (Å²) in [6, 6.07) is 7.45. The lowest BCUT2D eigenvalue weighted by molar-refractivity contribution is -0.115. The van der Waals surface area contributed by atoms with Crippen molar-refractivity contribution in [3.05, 3.63) is 56.7 Å². The predicted molar refractivity (Wildman–Crippen MR) is 133 cm³/mol. The maximum atomic E-state index is 12.6. The van der Waals surface area contributed by atoms with Crippen molar-refractivity contribution in [2.24, 2.45) is 0 Å². The van der Waals surface area contributed by atoms with Crippen LogP contribution in [0.25, 0.3) is 21.6 Å². The quantitative estimate of drug-likeness (QED) is 0.341. The van der Waals surface area contributed by atoms with Gasteiger partial charge in [0.15, 0.2) is 5.82 Å². The van der Waals surface area contributed by atoms with E-state index in [1.54, 1.807) is 23.1 Å². The minimum Gasteiger partial charge on any atom is -0.326 e. The van der Waals surface area contributed by atoms with Crippen LogP contribution in [0.2, 0.25) is 0 Å². The lowest BCUT2D eigenvalue weighted by Gasteiger charge is -2.09. The topological polar surface area (TPSA) is 116 Å². The molecule has 170 valence electrons. The molecule has 0 fully saturated rings. The van der Waals surface area contributed by atoms with Crippen LogP contribution in [0.15, 0.2) is 29.1 Å². The Kier molecular flexibility index (Phi) is 6.28. The molecule has 4 aromatic rings. The molecule has 10 heteroatoms. The second kappa shape index (κ2) is 9.48. The second-order valence-corrected chi connectivity index (χ2v) is 10.3. The summed E-state index contributed by atoms with van der Waals surface area (Å²) < 4.78 is 0. The van der Waals surface area contributed by atoms with E-state index in [4.69, 9.17) is 0 Å². The fraction of sp³-hybridized carbons (Fsp3) is 0.348. The molecule has 0 atom stereocenters. The van der Waals surface area contributed by atoms with E-state index in [0.717, 1.165) is 46.6 Å². The number of hydrogen-bond donors (Lipinski definition) is 3. The van der Waals surface area contributed by atoms with Crippen molar-refractivity contribution in [1.29, 1.82) is 0 Å². The fourth-order valence-electron chi connectivity index (χ4n) is 4.01. The minimum atomic E-state index is -0.0492. The van der Waals surface area contributed by atoms with Crippen LogP contribution in [-0.4, -0.2) is 36.8 Å². The highest BCUT2D eigenvalue weighted by Crippen LogP contribution is 2.33. The molecule has 1 amide bonds. The number of amides is 1. The first kappa shape index (κ1) is 21.8. The molecule has 33 heavy (non-hydrogen) atoms. The lowest BCUT2D eigenvalue weighted by atomic mass is 9.97. The van der Waals surface area contributed by atoms with Crippen LogP contribution in [-0.2, 0) is 23.4 Å². The summed E-state index contributed by atoms with van der Waals surface area (Å²) in [6.45, 7) is 1.85. The SMILES string of the molecule is Cc1nc(-c2ccc(NC(=O)CCSCc3nc4sc5c(c4c(=O)[nH]3)CCCC5)cc2)n[nH]1. The molecule has 0 radical (unpaired) electrons. The number of thioether (sulfide) groups is 1. The van der Waals surface area contributed by atoms with Gasteiger partial charge in [0, 0.05) is 28.3 Å². The van der Waals surface area contributed by atoms with E-state index in [9.17, 15) is 9.59 Å². The van der Waals surface area contributed by atoms with Crippen LogP contribution in [0.3, 0.4) is 0 Å². The smallest absolute Gasteiger partial charge is 0.259 e. The van der Waals surface area contributed by atoms with Gasteiger partial charge in [-0.05, 0) is 62.4 Å². The van der Waals surface area contributed by atoms with Crippen molar-refractivity contribution in [3.63, 3.8) is 0 Å². The average molecular weight is 481 g/mol. The first-order valence-electron chi connectivity index (χ1n) is 11.0. The molecule has 1 aliphatic rings. The molecule has 0 saturated carbocycles. The van der Waals surface area contributed by atoms with Crippen molar-refractivity contribution in [3.8, 4) is 11.4 Å². The van der Waals surface area contributed by atoms with Gasteiger partial charge in [-0.1, -0.05) is 0 Å². The van der Waals surface area contributed by atoms with Gasteiger partial charge in [0.1, 0.15) is 16.5 Å². The Bertz CT molecular complexity index is 1360. The van der Waals surface area contributed by atoms with Crippen molar-refractivity contribution >= 4 is 44.9 Å². The standard InChI is InChI=1S/C23H24N6O2S2/c1-13-24-21(29-28-13)14-6-8-15(9-7-14)25-19(30)10-11-32-12-18-26-22(31)20-16-4-2-3-5-17(16)33-23(20)27-18/h6-9H,2-5,10-12H2,1H3,(H,25,30)(H,24,28,29)(H,26,27,31). The monoisotopic (exact) mass is 480 g/mol. The molecular weight excluding hydrogens is 456 g/mol. The highest BCUT2D eigenvalue weighted by molar-refractivity contribution is 7.98. The Labute approximate surface area is 198 Å². The molecule has 0 spiro atoms. The molecule has 1 aromatic carbocycles. The third kappa shape index (κ3) is 4.86. The lowest BCUT2D eigenvalue weighted by Crippen LogP contribution is -2.13. The Morgan fingerprint density at radius 2 is 2.00 bits per heavy atom. The number of aromatic nitrogens is 5. The first-order chi connectivity index (χ1) is 16.1. The van der Waals surface area contributed by atoms with Gasteiger partial charge in [-0.15, -0.1) is 11.3 Å². The predicted octanol–water partition coefficient (Wildman–Crippen LogP) is 4.22. The van der Waals surface area contributed by atoms with Crippen LogP contribution in [0, 0.1) is 6.92 Å². The van der Waals surface area contributed by atoms with E-state index in [-0.39, 0.29) is 11.5 Å². The number of benzene rings is 1. The number of thiophene rings is 1. The number of rotatable bonds is 7. The summed E-state index contributed by atoms with van der Waals surface area (Å²) in [5.74, 6) is 3.23. The largest absolute Gasteiger partial charge is 0.326 e. The van der Waals surface area contributed by atoms with Gasteiger partial charge < -0.3 is 10.3 Å². The van der Waals surface area contributed by atoms with E-state index in [0.29, 0.717) is 29.6 Å². The number of carbonyl (C=O) groups is 1. The minimum absolute atomic E-state index is 0.0311. The van der Waals surface area contributed by atoms with Gasteiger partial charge in [-0.2, -0.15) is 16.9 Å². The third-order valence-corrected chi connectivity index (χ3v) is 7.77. The number of hydrogen-bond acceptors (Lipinski definition) is 7. The molecular formula is C23H24N6O2S2. The molecule has 5 rings (SSSR count). The van der Waals surface area contributed by atoms with E-state index >= 15 is 0 Å². The number of fused-ring (bicyclic) bond motifs is 3. The number of anilines is 1.